The number of aromatic nitrogens is 2. The molecule has 7 nitrogen and oxygen atoms in total. The van der Waals surface area contributed by atoms with Crippen molar-refractivity contribution >= 4 is 11.9 Å². The van der Waals surface area contributed by atoms with Gasteiger partial charge in [-0.15, -0.1) is 0 Å². The largest absolute Gasteiger partial charge is 0.480 e. The Balaban J connectivity index is 1.45. The Bertz CT molecular complexity index is 717. The minimum atomic E-state index is -0.744. The highest BCUT2D eigenvalue weighted by atomic mass is 16.4. The summed E-state index contributed by atoms with van der Waals surface area (Å²) >= 11 is 0. The van der Waals surface area contributed by atoms with Crippen molar-refractivity contribution in [1.29, 1.82) is 0 Å². The normalized spacial score (nSPS) is 25.4. The molecule has 148 valence electrons. The second-order valence-electron chi connectivity index (χ2n) is 8.91. The maximum absolute atomic E-state index is 12.3. The van der Waals surface area contributed by atoms with E-state index in [1.807, 2.05) is 11.1 Å². The molecule has 3 heterocycles. The Labute approximate surface area is 160 Å². The van der Waals surface area contributed by atoms with Crippen molar-refractivity contribution < 1.29 is 14.7 Å². The van der Waals surface area contributed by atoms with Crippen LogP contribution in [0.1, 0.15) is 57.8 Å². The summed E-state index contributed by atoms with van der Waals surface area (Å²) in [6.45, 7) is 7.11. The van der Waals surface area contributed by atoms with Gasteiger partial charge in [-0.1, -0.05) is 0 Å². The van der Waals surface area contributed by atoms with E-state index in [-0.39, 0.29) is 11.3 Å². The van der Waals surface area contributed by atoms with Crippen molar-refractivity contribution in [2.24, 2.45) is 11.3 Å². The zero-order valence-electron chi connectivity index (χ0n) is 16.3. The van der Waals surface area contributed by atoms with Crippen molar-refractivity contribution in [1.82, 2.24) is 19.4 Å². The fourth-order valence-corrected chi connectivity index (χ4v) is 4.82. The van der Waals surface area contributed by atoms with Crippen LogP contribution in [0, 0.1) is 11.3 Å². The number of carbonyl (C=O) groups excluding carboxylic acids is 1. The Morgan fingerprint density at radius 1 is 1.30 bits per heavy atom. The molecular weight excluding hydrogens is 344 g/mol. The van der Waals surface area contributed by atoms with E-state index in [9.17, 15) is 14.7 Å². The van der Waals surface area contributed by atoms with Crippen LogP contribution in [0.3, 0.4) is 0 Å². The summed E-state index contributed by atoms with van der Waals surface area (Å²) in [6, 6.07) is -0.160. The predicted octanol–water partition coefficient (Wildman–Crippen LogP) is 2.14. The summed E-state index contributed by atoms with van der Waals surface area (Å²) in [6.07, 6.45) is 8.32. The van der Waals surface area contributed by atoms with Crippen LogP contribution in [0.25, 0.3) is 0 Å². The molecule has 1 atom stereocenters. The van der Waals surface area contributed by atoms with Gasteiger partial charge in [0.25, 0.3) is 0 Å². The number of imidazole rings is 1. The van der Waals surface area contributed by atoms with E-state index >= 15 is 0 Å². The van der Waals surface area contributed by atoms with Gasteiger partial charge in [0.15, 0.2) is 0 Å². The smallest absolute Gasteiger partial charge is 0.320 e. The Hall–Kier alpha value is -1.89. The number of rotatable bonds is 5. The lowest BCUT2D eigenvalue weighted by molar-refractivity contribution is -0.142. The highest BCUT2D eigenvalue weighted by Gasteiger charge is 2.49. The van der Waals surface area contributed by atoms with Crippen LogP contribution in [0.5, 0.6) is 0 Å². The lowest BCUT2D eigenvalue weighted by Crippen LogP contribution is -2.44. The van der Waals surface area contributed by atoms with E-state index in [0.717, 1.165) is 51.1 Å². The summed E-state index contributed by atoms with van der Waals surface area (Å²) < 4.78 is 2.11. The molecule has 7 heteroatoms. The molecule has 1 aliphatic carbocycles. The van der Waals surface area contributed by atoms with Crippen LogP contribution in [-0.4, -0.2) is 62.0 Å². The van der Waals surface area contributed by atoms with Gasteiger partial charge >= 0.3 is 5.97 Å². The number of hydrogen-bond acceptors (Lipinski definition) is 4. The van der Waals surface area contributed by atoms with Gasteiger partial charge in [-0.3, -0.25) is 14.5 Å². The summed E-state index contributed by atoms with van der Waals surface area (Å²) in [5.74, 6) is 0.759. The lowest BCUT2D eigenvalue weighted by atomic mass is 9.76. The third-order valence-electron chi connectivity index (χ3n) is 6.60. The van der Waals surface area contributed by atoms with Gasteiger partial charge < -0.3 is 14.6 Å². The maximum atomic E-state index is 12.3. The molecule has 1 amide bonds. The number of likely N-dealkylation sites (tertiary alicyclic amines) is 2. The molecule has 1 N–H and O–H groups in total. The summed E-state index contributed by atoms with van der Waals surface area (Å²) in [4.78, 5) is 32.8. The third-order valence-corrected chi connectivity index (χ3v) is 6.60. The van der Waals surface area contributed by atoms with Gasteiger partial charge in [0, 0.05) is 44.0 Å². The molecule has 3 fully saturated rings. The first-order valence-electron chi connectivity index (χ1n) is 10.2. The molecule has 27 heavy (non-hydrogen) atoms. The van der Waals surface area contributed by atoms with E-state index < -0.39 is 12.0 Å². The van der Waals surface area contributed by atoms with E-state index in [2.05, 4.69) is 28.3 Å². The molecular formula is C20H30N4O3. The van der Waals surface area contributed by atoms with E-state index in [1.165, 1.54) is 0 Å². The van der Waals surface area contributed by atoms with Gasteiger partial charge in [0.2, 0.25) is 5.91 Å². The Morgan fingerprint density at radius 2 is 2.00 bits per heavy atom. The lowest BCUT2D eigenvalue weighted by Gasteiger charge is -2.39. The minimum Gasteiger partial charge on any atom is -0.480 e. The molecule has 4 rings (SSSR count). The summed E-state index contributed by atoms with van der Waals surface area (Å²) in [5, 5.41) is 9.79. The molecule has 0 unspecified atom stereocenters. The van der Waals surface area contributed by atoms with Crippen molar-refractivity contribution in [3.8, 4) is 0 Å². The number of carboxylic acid groups (broad SMARTS) is 1. The molecule has 2 aliphatic heterocycles. The number of nitrogens with zero attached hydrogens (tertiary/aromatic N) is 4. The van der Waals surface area contributed by atoms with Crippen LogP contribution in [-0.2, 0) is 16.1 Å². The minimum absolute atomic E-state index is 0.0125. The van der Waals surface area contributed by atoms with Crippen molar-refractivity contribution in [2.45, 2.75) is 64.6 Å². The van der Waals surface area contributed by atoms with Crippen LogP contribution >= 0.6 is 0 Å². The molecule has 1 spiro atoms. The zero-order chi connectivity index (χ0) is 19.2. The van der Waals surface area contributed by atoms with E-state index in [4.69, 9.17) is 0 Å². The van der Waals surface area contributed by atoms with Crippen LogP contribution in [0.4, 0.5) is 0 Å². The van der Waals surface area contributed by atoms with Gasteiger partial charge in [0.1, 0.15) is 11.9 Å². The van der Waals surface area contributed by atoms with Crippen molar-refractivity contribution in [3.05, 3.63) is 18.2 Å². The summed E-state index contributed by atoms with van der Waals surface area (Å²) in [7, 11) is 0. The number of carboxylic acids is 1. The van der Waals surface area contributed by atoms with Gasteiger partial charge in [-0.25, -0.2) is 4.98 Å². The van der Waals surface area contributed by atoms with Gasteiger partial charge in [0.05, 0.1) is 6.54 Å². The molecule has 0 bridgehead atoms. The maximum Gasteiger partial charge on any atom is 0.320 e. The number of amides is 1. The molecule has 1 saturated carbocycles. The predicted molar refractivity (Wildman–Crippen MR) is 100 cm³/mol. The first kappa shape index (κ1) is 18.5. The third kappa shape index (κ3) is 3.61. The molecule has 0 radical (unpaired) electrons. The zero-order valence-corrected chi connectivity index (χ0v) is 16.3. The highest BCUT2D eigenvalue weighted by molar-refractivity contribution is 5.81. The molecule has 1 aromatic heterocycles. The average Bonchev–Trinajstić information content (AvgIpc) is 3.28. The fraction of sp³-hybridized carbons (Fsp3) is 0.750. The van der Waals surface area contributed by atoms with Crippen LogP contribution in [0.15, 0.2) is 12.4 Å². The second-order valence-corrected chi connectivity index (χ2v) is 8.91. The Kier molecular flexibility index (Phi) is 4.74. The van der Waals surface area contributed by atoms with Crippen LogP contribution < -0.4 is 0 Å². The molecule has 1 aromatic rings. The van der Waals surface area contributed by atoms with Crippen LogP contribution in [0.2, 0.25) is 0 Å². The Morgan fingerprint density at radius 3 is 2.59 bits per heavy atom. The fourth-order valence-electron chi connectivity index (χ4n) is 4.82. The van der Waals surface area contributed by atoms with E-state index in [1.54, 1.807) is 6.20 Å². The summed E-state index contributed by atoms with van der Waals surface area (Å²) in [5.41, 5.74) is 0.0125. The molecule has 3 aliphatic rings. The van der Waals surface area contributed by atoms with Crippen molar-refractivity contribution in [2.75, 3.05) is 19.6 Å². The van der Waals surface area contributed by atoms with Crippen molar-refractivity contribution in [3.63, 3.8) is 0 Å². The van der Waals surface area contributed by atoms with Gasteiger partial charge in [-0.2, -0.15) is 0 Å². The molecule has 0 aromatic carbocycles. The number of carbonyl (C=O) groups is 2. The first-order valence-corrected chi connectivity index (χ1v) is 10.2. The topological polar surface area (TPSA) is 78.7 Å². The first-order chi connectivity index (χ1) is 12.9. The molecule has 2 saturated heterocycles. The number of hydrogen-bond donors (Lipinski definition) is 1. The SMILES string of the molecule is CC(C)n1ccnc1CN1CC2(CCN(C(=O)C3CC3)CC2)C[C@@H]1C(=O)O. The number of piperidine rings is 1. The highest BCUT2D eigenvalue weighted by Crippen LogP contribution is 2.45. The quantitative estimate of drug-likeness (QED) is 0.854. The van der Waals surface area contributed by atoms with Gasteiger partial charge in [-0.05, 0) is 51.4 Å². The average molecular weight is 374 g/mol. The monoisotopic (exact) mass is 374 g/mol. The standard InChI is InChI=1S/C20H30N4O3/c1-14(2)24-10-7-21-17(24)12-23-13-20(11-16(23)19(26)27)5-8-22(9-6-20)18(25)15-3-4-15/h7,10,14-16H,3-6,8-9,11-13H2,1-2H3,(H,26,27)/t16-/m1/s1. The van der Waals surface area contributed by atoms with E-state index in [0.29, 0.717) is 24.9 Å². The second kappa shape index (κ2) is 6.93. The number of aliphatic carboxylic acids is 1.